The Labute approximate surface area is 141 Å². The standard InChI is InChI=1S/C17H12FN5O2/c1-23-16(19-9-20-23)10-2-4-11(5-3-10)17-21-15(22-25-17)13-7-6-12(24)8-14(13)18/h2-9,24H,1H3. The summed E-state index contributed by atoms with van der Waals surface area (Å²) in [6, 6.07) is 11.1. The average Bonchev–Trinajstić information content (AvgIpc) is 3.24. The summed E-state index contributed by atoms with van der Waals surface area (Å²) in [5, 5.41) is 17.1. The van der Waals surface area contributed by atoms with Crippen molar-refractivity contribution in [2.24, 2.45) is 7.05 Å². The predicted octanol–water partition coefficient (Wildman–Crippen LogP) is 3.04. The molecule has 0 saturated carbocycles. The van der Waals surface area contributed by atoms with Crippen molar-refractivity contribution in [3.05, 3.63) is 54.6 Å². The number of aromatic hydroxyl groups is 1. The maximum atomic E-state index is 13.9. The molecule has 4 rings (SSSR count). The highest BCUT2D eigenvalue weighted by molar-refractivity contribution is 5.64. The second-order valence-electron chi connectivity index (χ2n) is 5.37. The molecule has 0 radical (unpaired) electrons. The molecule has 7 nitrogen and oxygen atoms in total. The van der Waals surface area contributed by atoms with Gasteiger partial charge in [-0.15, -0.1) is 0 Å². The van der Waals surface area contributed by atoms with Crippen LogP contribution in [0.4, 0.5) is 4.39 Å². The summed E-state index contributed by atoms with van der Waals surface area (Å²) in [5.74, 6) is 0.343. The Morgan fingerprint density at radius 3 is 2.52 bits per heavy atom. The summed E-state index contributed by atoms with van der Waals surface area (Å²) in [6.07, 6.45) is 1.49. The molecule has 0 aliphatic rings. The van der Waals surface area contributed by atoms with E-state index in [0.717, 1.165) is 17.5 Å². The van der Waals surface area contributed by atoms with Crippen LogP contribution in [0, 0.1) is 5.82 Å². The minimum atomic E-state index is -0.620. The molecule has 25 heavy (non-hydrogen) atoms. The lowest BCUT2D eigenvalue weighted by molar-refractivity contribution is 0.431. The number of benzene rings is 2. The third-order valence-corrected chi connectivity index (χ3v) is 3.72. The van der Waals surface area contributed by atoms with Gasteiger partial charge in [-0.2, -0.15) is 10.1 Å². The van der Waals surface area contributed by atoms with E-state index in [-0.39, 0.29) is 23.0 Å². The summed E-state index contributed by atoms with van der Waals surface area (Å²) >= 11 is 0. The van der Waals surface area contributed by atoms with Crippen LogP contribution in [0.15, 0.2) is 53.3 Å². The van der Waals surface area contributed by atoms with Gasteiger partial charge in [-0.3, -0.25) is 0 Å². The number of aromatic nitrogens is 5. The number of nitrogens with zero attached hydrogens (tertiary/aromatic N) is 5. The lowest BCUT2D eigenvalue weighted by Gasteiger charge is -2.01. The Morgan fingerprint density at radius 1 is 1.08 bits per heavy atom. The fraction of sp³-hybridized carbons (Fsp3) is 0.0588. The molecule has 0 atom stereocenters. The molecule has 2 aromatic carbocycles. The van der Waals surface area contributed by atoms with Crippen molar-refractivity contribution in [2.45, 2.75) is 0 Å². The number of hydrogen-bond acceptors (Lipinski definition) is 6. The molecule has 8 heteroatoms. The molecular weight excluding hydrogens is 325 g/mol. The van der Waals surface area contributed by atoms with E-state index >= 15 is 0 Å². The highest BCUT2D eigenvalue weighted by atomic mass is 19.1. The Morgan fingerprint density at radius 2 is 1.84 bits per heavy atom. The van der Waals surface area contributed by atoms with Gasteiger partial charge in [0.05, 0.1) is 5.56 Å². The molecule has 4 aromatic rings. The van der Waals surface area contributed by atoms with E-state index in [1.807, 2.05) is 31.3 Å². The van der Waals surface area contributed by atoms with E-state index in [2.05, 4.69) is 20.2 Å². The van der Waals surface area contributed by atoms with E-state index < -0.39 is 5.82 Å². The van der Waals surface area contributed by atoms with Crippen LogP contribution in [0.5, 0.6) is 5.75 Å². The van der Waals surface area contributed by atoms with Gasteiger partial charge in [0.25, 0.3) is 5.89 Å². The van der Waals surface area contributed by atoms with Crippen LogP contribution in [0.1, 0.15) is 0 Å². The maximum absolute atomic E-state index is 13.9. The van der Waals surface area contributed by atoms with E-state index in [1.54, 1.807) is 4.68 Å². The van der Waals surface area contributed by atoms with E-state index in [9.17, 15) is 9.50 Å². The van der Waals surface area contributed by atoms with Crippen molar-refractivity contribution in [3.8, 4) is 40.0 Å². The molecule has 2 heterocycles. The smallest absolute Gasteiger partial charge is 0.258 e. The first kappa shape index (κ1) is 15.0. The minimum absolute atomic E-state index is 0.116. The van der Waals surface area contributed by atoms with Gasteiger partial charge in [-0.25, -0.2) is 14.1 Å². The first-order valence-corrected chi connectivity index (χ1v) is 7.39. The molecule has 0 bridgehead atoms. The van der Waals surface area contributed by atoms with Crippen LogP contribution in [0.25, 0.3) is 34.2 Å². The quantitative estimate of drug-likeness (QED) is 0.618. The lowest BCUT2D eigenvalue weighted by atomic mass is 10.1. The maximum Gasteiger partial charge on any atom is 0.258 e. The second-order valence-corrected chi connectivity index (χ2v) is 5.37. The fourth-order valence-electron chi connectivity index (χ4n) is 2.45. The Bertz CT molecular complexity index is 1040. The normalized spacial score (nSPS) is 11.0. The predicted molar refractivity (Wildman–Crippen MR) is 86.8 cm³/mol. The number of phenols is 1. The molecule has 0 saturated heterocycles. The first-order chi connectivity index (χ1) is 12.1. The summed E-state index contributed by atoms with van der Waals surface area (Å²) in [6.45, 7) is 0. The first-order valence-electron chi connectivity index (χ1n) is 7.39. The molecule has 0 spiro atoms. The molecule has 0 aliphatic heterocycles. The van der Waals surface area contributed by atoms with Crippen LogP contribution in [-0.4, -0.2) is 30.0 Å². The minimum Gasteiger partial charge on any atom is -0.508 e. The van der Waals surface area contributed by atoms with E-state index in [1.165, 1.54) is 18.5 Å². The van der Waals surface area contributed by atoms with Gasteiger partial charge in [0.2, 0.25) is 5.82 Å². The molecule has 2 aromatic heterocycles. The number of rotatable bonds is 3. The molecular formula is C17H12FN5O2. The zero-order chi connectivity index (χ0) is 17.4. The molecule has 0 fully saturated rings. The fourth-order valence-corrected chi connectivity index (χ4v) is 2.45. The molecule has 124 valence electrons. The highest BCUT2D eigenvalue weighted by Crippen LogP contribution is 2.27. The number of halogens is 1. The van der Waals surface area contributed by atoms with Gasteiger partial charge >= 0.3 is 0 Å². The van der Waals surface area contributed by atoms with Gasteiger partial charge in [0, 0.05) is 24.2 Å². The molecule has 0 unspecified atom stereocenters. The summed E-state index contributed by atoms with van der Waals surface area (Å²) in [7, 11) is 1.81. The van der Waals surface area contributed by atoms with Gasteiger partial charge in [0.1, 0.15) is 17.9 Å². The summed E-state index contributed by atoms with van der Waals surface area (Å²) < 4.78 is 20.8. The highest BCUT2D eigenvalue weighted by Gasteiger charge is 2.15. The van der Waals surface area contributed by atoms with E-state index in [0.29, 0.717) is 5.56 Å². The third-order valence-electron chi connectivity index (χ3n) is 3.72. The average molecular weight is 337 g/mol. The van der Waals surface area contributed by atoms with Crippen molar-refractivity contribution in [1.29, 1.82) is 0 Å². The van der Waals surface area contributed by atoms with Gasteiger partial charge in [-0.05, 0) is 24.3 Å². The number of hydrogen-bond donors (Lipinski definition) is 1. The largest absolute Gasteiger partial charge is 0.508 e. The summed E-state index contributed by atoms with van der Waals surface area (Å²) in [4.78, 5) is 8.41. The van der Waals surface area contributed by atoms with Crippen LogP contribution >= 0.6 is 0 Å². The second kappa shape index (κ2) is 5.82. The summed E-state index contributed by atoms with van der Waals surface area (Å²) in [5.41, 5.74) is 1.75. The SMILES string of the molecule is Cn1ncnc1-c1ccc(-c2nc(-c3ccc(O)cc3F)no2)cc1. The monoisotopic (exact) mass is 337 g/mol. The van der Waals surface area contributed by atoms with Crippen LogP contribution in [0.3, 0.4) is 0 Å². The van der Waals surface area contributed by atoms with E-state index in [4.69, 9.17) is 4.52 Å². The van der Waals surface area contributed by atoms with Crippen molar-refractivity contribution in [3.63, 3.8) is 0 Å². The van der Waals surface area contributed by atoms with Gasteiger partial charge < -0.3 is 9.63 Å². The number of aryl methyl sites for hydroxylation is 1. The van der Waals surface area contributed by atoms with Crippen LogP contribution in [0.2, 0.25) is 0 Å². The Hall–Kier alpha value is -3.55. The zero-order valence-corrected chi connectivity index (χ0v) is 13.1. The van der Waals surface area contributed by atoms with Gasteiger partial charge in [0.15, 0.2) is 5.82 Å². The Kier molecular flexibility index (Phi) is 3.50. The molecule has 1 N–H and O–H groups in total. The topological polar surface area (TPSA) is 89.9 Å². The van der Waals surface area contributed by atoms with Crippen molar-refractivity contribution in [1.82, 2.24) is 24.9 Å². The molecule has 0 amide bonds. The number of phenolic OH excluding ortho intramolecular Hbond substituents is 1. The lowest BCUT2D eigenvalue weighted by Crippen LogP contribution is -1.94. The molecule has 0 aliphatic carbocycles. The van der Waals surface area contributed by atoms with Crippen LogP contribution in [-0.2, 0) is 7.05 Å². The van der Waals surface area contributed by atoms with Crippen LogP contribution < -0.4 is 0 Å². The van der Waals surface area contributed by atoms with Gasteiger partial charge in [-0.1, -0.05) is 17.3 Å². The zero-order valence-electron chi connectivity index (χ0n) is 13.1. The Balaban J connectivity index is 1.65. The van der Waals surface area contributed by atoms with Crippen molar-refractivity contribution >= 4 is 0 Å². The third kappa shape index (κ3) is 2.74. The van der Waals surface area contributed by atoms with Crippen molar-refractivity contribution < 1.29 is 14.0 Å². The van der Waals surface area contributed by atoms with Crippen molar-refractivity contribution in [2.75, 3.05) is 0 Å².